The van der Waals surface area contributed by atoms with E-state index >= 15 is 0 Å². The quantitative estimate of drug-likeness (QED) is 0.224. The predicted octanol–water partition coefficient (Wildman–Crippen LogP) is 10.9. The van der Waals surface area contributed by atoms with Crippen LogP contribution in [-0.2, 0) is 5.41 Å². The molecule has 0 fully saturated rings. The summed E-state index contributed by atoms with van der Waals surface area (Å²) in [6.45, 7) is 8.00. The normalized spacial score (nSPS) is 12.3. The Balaban J connectivity index is 0.000000738. The molecular formula is C39H36. The van der Waals surface area contributed by atoms with Crippen molar-refractivity contribution in [2.45, 2.75) is 33.1 Å². The first-order valence-corrected chi connectivity index (χ1v) is 14.2. The van der Waals surface area contributed by atoms with Crippen LogP contribution in [0.2, 0.25) is 0 Å². The van der Waals surface area contributed by atoms with Gasteiger partial charge in [-0.25, -0.2) is 0 Å². The van der Waals surface area contributed by atoms with Crippen molar-refractivity contribution in [3.63, 3.8) is 0 Å². The van der Waals surface area contributed by atoms with Gasteiger partial charge in [0.05, 0.1) is 5.41 Å². The number of benzene rings is 6. The van der Waals surface area contributed by atoms with E-state index in [0.717, 1.165) is 0 Å². The maximum absolute atomic E-state index is 2.43. The minimum absolute atomic E-state index is 0.360. The van der Waals surface area contributed by atoms with E-state index in [1.807, 2.05) is 27.7 Å². The number of rotatable bonds is 3. The summed E-state index contributed by atoms with van der Waals surface area (Å²) in [7, 11) is 0. The van der Waals surface area contributed by atoms with E-state index in [9.17, 15) is 0 Å². The average molecular weight is 505 g/mol. The Bertz CT molecular complexity index is 1640. The second kappa shape index (κ2) is 11.5. The summed E-state index contributed by atoms with van der Waals surface area (Å²) in [5.41, 5.74) is 10.1. The fourth-order valence-electron chi connectivity index (χ4n) is 5.99. The van der Waals surface area contributed by atoms with Gasteiger partial charge < -0.3 is 0 Å². The molecule has 0 N–H and O–H groups in total. The molecule has 0 spiro atoms. The van der Waals surface area contributed by atoms with Crippen LogP contribution in [0.25, 0.3) is 33.0 Å². The van der Waals surface area contributed by atoms with Gasteiger partial charge in [-0.3, -0.25) is 0 Å². The van der Waals surface area contributed by atoms with Gasteiger partial charge in [-0.2, -0.15) is 0 Å². The van der Waals surface area contributed by atoms with Crippen LogP contribution in [0.1, 0.15) is 49.9 Å². The molecule has 1 aliphatic carbocycles. The molecule has 0 heterocycles. The van der Waals surface area contributed by atoms with Gasteiger partial charge in [0.1, 0.15) is 0 Å². The highest BCUT2D eigenvalue weighted by molar-refractivity contribution is 5.91. The van der Waals surface area contributed by atoms with Crippen LogP contribution < -0.4 is 0 Å². The lowest BCUT2D eigenvalue weighted by Crippen LogP contribution is -2.28. The van der Waals surface area contributed by atoms with Crippen molar-refractivity contribution in [2.24, 2.45) is 0 Å². The number of hydrogen-bond acceptors (Lipinski definition) is 0. The minimum Gasteiger partial charge on any atom is -0.0683 e. The molecule has 6 aromatic rings. The fourth-order valence-corrected chi connectivity index (χ4v) is 5.99. The molecule has 1 aliphatic rings. The van der Waals surface area contributed by atoms with Crippen molar-refractivity contribution in [2.75, 3.05) is 0 Å². The van der Waals surface area contributed by atoms with E-state index in [-0.39, 0.29) is 5.41 Å². The van der Waals surface area contributed by atoms with Gasteiger partial charge in [0, 0.05) is 0 Å². The molecule has 0 nitrogen and oxygen atoms in total. The van der Waals surface area contributed by atoms with Crippen LogP contribution in [0, 0.1) is 0 Å². The summed E-state index contributed by atoms with van der Waals surface area (Å²) in [5, 5.41) is 2.54. The van der Waals surface area contributed by atoms with Gasteiger partial charge in [0.15, 0.2) is 0 Å². The molecule has 0 aliphatic heterocycles. The lowest BCUT2D eigenvalue weighted by atomic mass is 9.67. The van der Waals surface area contributed by atoms with Crippen LogP contribution in [0.3, 0.4) is 0 Å². The van der Waals surface area contributed by atoms with E-state index in [0.29, 0.717) is 0 Å². The lowest BCUT2D eigenvalue weighted by Gasteiger charge is -2.34. The predicted molar refractivity (Wildman–Crippen MR) is 169 cm³/mol. The van der Waals surface area contributed by atoms with Gasteiger partial charge >= 0.3 is 0 Å². The monoisotopic (exact) mass is 504 g/mol. The summed E-state index contributed by atoms with van der Waals surface area (Å²) in [6.07, 6.45) is 0. The summed E-state index contributed by atoms with van der Waals surface area (Å²) in [5.74, 6) is 0. The summed E-state index contributed by atoms with van der Waals surface area (Å²) in [4.78, 5) is 0. The molecular weight excluding hydrogens is 468 g/mol. The Morgan fingerprint density at radius 3 is 1.51 bits per heavy atom. The van der Waals surface area contributed by atoms with Crippen molar-refractivity contribution in [3.05, 3.63) is 168 Å². The first kappa shape index (κ1) is 26.2. The maximum atomic E-state index is 2.43. The molecule has 39 heavy (non-hydrogen) atoms. The standard InChI is InChI=1S/C35H24.2C2H6/c1-3-13-29(14-4-1)35(30-15-5-2-6-16-30)33-18-10-9-17-31(33)32-22-21-28(24-34(32)35)27-20-19-25-11-7-8-12-26(25)23-27;2*1-2/h1-24H;2*1-2H3. The molecule has 0 bridgehead atoms. The number of fused-ring (bicyclic) bond motifs is 4. The molecule has 0 atom stereocenters. The zero-order valence-electron chi connectivity index (χ0n) is 23.4. The second-order valence-electron chi connectivity index (χ2n) is 9.35. The summed E-state index contributed by atoms with van der Waals surface area (Å²) >= 11 is 0. The SMILES string of the molecule is CC.CC.c1ccc(C2(c3ccccc3)c3ccccc3-c3ccc(-c4ccc5ccccc5c4)cc32)cc1. The third-order valence-electron chi connectivity index (χ3n) is 7.54. The topological polar surface area (TPSA) is 0 Å². The lowest BCUT2D eigenvalue weighted by molar-refractivity contribution is 0.769. The smallest absolute Gasteiger partial charge is 0.0683 e. The molecule has 0 radical (unpaired) electrons. The Morgan fingerprint density at radius 2 is 0.846 bits per heavy atom. The van der Waals surface area contributed by atoms with Gasteiger partial charge in [-0.1, -0.05) is 161 Å². The van der Waals surface area contributed by atoms with Crippen molar-refractivity contribution in [1.82, 2.24) is 0 Å². The van der Waals surface area contributed by atoms with E-state index in [4.69, 9.17) is 0 Å². The molecule has 6 aromatic carbocycles. The average Bonchev–Trinajstić information content (AvgIpc) is 3.34. The molecule has 0 unspecified atom stereocenters. The van der Waals surface area contributed by atoms with Crippen molar-refractivity contribution in [1.29, 1.82) is 0 Å². The third kappa shape index (κ3) is 4.37. The fraction of sp³-hybridized carbons (Fsp3) is 0.128. The third-order valence-corrected chi connectivity index (χ3v) is 7.54. The van der Waals surface area contributed by atoms with E-state index in [1.54, 1.807) is 0 Å². The molecule has 7 rings (SSSR count). The van der Waals surface area contributed by atoms with Crippen molar-refractivity contribution >= 4 is 10.8 Å². The molecule has 0 saturated heterocycles. The van der Waals surface area contributed by atoms with Crippen LogP contribution >= 0.6 is 0 Å². The summed E-state index contributed by atoms with van der Waals surface area (Å²) < 4.78 is 0. The maximum Gasteiger partial charge on any atom is 0.0713 e. The first-order valence-electron chi connectivity index (χ1n) is 14.2. The van der Waals surface area contributed by atoms with Crippen molar-refractivity contribution < 1.29 is 0 Å². The van der Waals surface area contributed by atoms with Crippen LogP contribution in [0.5, 0.6) is 0 Å². The Hall–Kier alpha value is -4.42. The second-order valence-corrected chi connectivity index (χ2v) is 9.35. The highest BCUT2D eigenvalue weighted by atomic mass is 14.5. The Morgan fingerprint density at radius 1 is 0.359 bits per heavy atom. The van der Waals surface area contributed by atoms with Crippen LogP contribution in [-0.4, -0.2) is 0 Å². The summed E-state index contributed by atoms with van der Waals surface area (Å²) in [6, 6.07) is 53.3. The van der Waals surface area contributed by atoms with Gasteiger partial charge in [-0.15, -0.1) is 0 Å². The molecule has 0 saturated carbocycles. The van der Waals surface area contributed by atoms with E-state index in [2.05, 4.69) is 146 Å². The molecule has 0 amide bonds. The highest BCUT2D eigenvalue weighted by Gasteiger charge is 2.45. The van der Waals surface area contributed by atoms with Crippen LogP contribution in [0.4, 0.5) is 0 Å². The van der Waals surface area contributed by atoms with Crippen LogP contribution in [0.15, 0.2) is 146 Å². The Labute approximate surface area is 233 Å². The molecule has 0 heteroatoms. The largest absolute Gasteiger partial charge is 0.0713 e. The van der Waals surface area contributed by atoms with E-state index in [1.165, 1.54) is 55.3 Å². The molecule has 0 aromatic heterocycles. The minimum atomic E-state index is -0.360. The zero-order valence-corrected chi connectivity index (χ0v) is 23.4. The van der Waals surface area contributed by atoms with Gasteiger partial charge in [-0.05, 0) is 67.4 Å². The zero-order chi connectivity index (χ0) is 27.2. The first-order chi connectivity index (χ1) is 19.4. The highest BCUT2D eigenvalue weighted by Crippen LogP contribution is 2.56. The van der Waals surface area contributed by atoms with Gasteiger partial charge in [0.2, 0.25) is 0 Å². The van der Waals surface area contributed by atoms with Gasteiger partial charge in [0.25, 0.3) is 0 Å². The Kier molecular flexibility index (Phi) is 7.75. The number of hydrogen-bond donors (Lipinski definition) is 0. The van der Waals surface area contributed by atoms with Crippen molar-refractivity contribution in [3.8, 4) is 22.3 Å². The molecule has 192 valence electrons. The van der Waals surface area contributed by atoms with E-state index < -0.39 is 0 Å².